The molecule has 2 aliphatic rings. The minimum atomic E-state index is -0.0575. The maximum absolute atomic E-state index is 11.7. The number of carbonyl (C=O) groups is 1. The van der Waals surface area contributed by atoms with Crippen LogP contribution in [-0.4, -0.2) is 12.6 Å². The Bertz CT molecular complexity index is 222. The molecule has 1 saturated carbocycles. The van der Waals surface area contributed by atoms with Gasteiger partial charge in [-0.3, -0.25) is 4.79 Å². The van der Waals surface area contributed by atoms with E-state index in [-0.39, 0.29) is 11.4 Å². The van der Waals surface area contributed by atoms with E-state index in [1.165, 1.54) is 25.7 Å². The van der Waals surface area contributed by atoms with E-state index in [4.69, 9.17) is 4.74 Å². The molecule has 0 bridgehead atoms. The number of carbonyl (C=O) groups excluding carboxylic acids is 1. The smallest absolute Gasteiger partial charge is 0.312 e. The second-order valence-corrected chi connectivity index (χ2v) is 4.92. The fraction of sp³-hybridized carbons (Fsp3) is 0.917. The lowest BCUT2D eigenvalue weighted by atomic mass is 9.68. The third kappa shape index (κ3) is 1.67. The third-order valence-corrected chi connectivity index (χ3v) is 3.89. The maximum Gasteiger partial charge on any atom is 0.312 e. The van der Waals surface area contributed by atoms with E-state index >= 15 is 0 Å². The summed E-state index contributed by atoms with van der Waals surface area (Å²) in [5.41, 5.74) is -0.0575. The van der Waals surface area contributed by atoms with E-state index in [2.05, 4.69) is 6.92 Å². The number of cyclic esters (lactones) is 1. The second kappa shape index (κ2) is 3.92. The summed E-state index contributed by atoms with van der Waals surface area (Å²) in [5, 5.41) is 0. The largest absolute Gasteiger partial charge is 0.465 e. The van der Waals surface area contributed by atoms with Gasteiger partial charge in [0.15, 0.2) is 0 Å². The van der Waals surface area contributed by atoms with Gasteiger partial charge < -0.3 is 4.74 Å². The van der Waals surface area contributed by atoms with Gasteiger partial charge in [-0.15, -0.1) is 0 Å². The van der Waals surface area contributed by atoms with Crippen molar-refractivity contribution in [3.63, 3.8) is 0 Å². The minimum Gasteiger partial charge on any atom is -0.465 e. The summed E-state index contributed by atoms with van der Waals surface area (Å²) in [6, 6.07) is 0. The van der Waals surface area contributed by atoms with E-state index in [1.54, 1.807) is 0 Å². The Balaban J connectivity index is 2.02. The van der Waals surface area contributed by atoms with Gasteiger partial charge in [-0.1, -0.05) is 32.6 Å². The van der Waals surface area contributed by atoms with Gasteiger partial charge in [-0.05, 0) is 25.2 Å². The summed E-state index contributed by atoms with van der Waals surface area (Å²) >= 11 is 0. The lowest BCUT2D eigenvalue weighted by Gasteiger charge is -2.34. The molecule has 1 saturated heterocycles. The lowest BCUT2D eigenvalue weighted by molar-refractivity contribution is -0.148. The van der Waals surface area contributed by atoms with Gasteiger partial charge >= 0.3 is 5.97 Å². The van der Waals surface area contributed by atoms with Crippen LogP contribution in [-0.2, 0) is 9.53 Å². The Kier molecular flexibility index (Phi) is 2.80. The molecule has 2 heteroatoms. The van der Waals surface area contributed by atoms with Gasteiger partial charge in [0, 0.05) is 0 Å². The lowest BCUT2D eigenvalue weighted by Crippen LogP contribution is -2.32. The van der Waals surface area contributed by atoms with E-state index in [0.717, 1.165) is 25.2 Å². The summed E-state index contributed by atoms with van der Waals surface area (Å²) in [6.07, 6.45) is 8.23. The normalized spacial score (nSPS) is 37.5. The fourth-order valence-corrected chi connectivity index (χ4v) is 3.15. The minimum absolute atomic E-state index is 0.0575. The van der Waals surface area contributed by atoms with Gasteiger partial charge in [0.05, 0.1) is 12.0 Å². The number of esters is 1. The van der Waals surface area contributed by atoms with Gasteiger partial charge in [0.2, 0.25) is 0 Å². The number of rotatable bonds is 2. The summed E-state index contributed by atoms with van der Waals surface area (Å²) in [7, 11) is 0. The van der Waals surface area contributed by atoms with Crippen LogP contribution in [0.3, 0.4) is 0 Å². The number of hydrogen-bond acceptors (Lipinski definition) is 2. The van der Waals surface area contributed by atoms with Crippen molar-refractivity contribution in [3.05, 3.63) is 0 Å². The predicted molar refractivity (Wildman–Crippen MR) is 54.9 cm³/mol. The highest BCUT2D eigenvalue weighted by molar-refractivity contribution is 5.78. The van der Waals surface area contributed by atoms with Crippen LogP contribution in [0.4, 0.5) is 0 Å². The molecule has 80 valence electrons. The summed E-state index contributed by atoms with van der Waals surface area (Å²) in [4.78, 5) is 11.7. The van der Waals surface area contributed by atoms with E-state index in [1.807, 2.05) is 0 Å². The van der Waals surface area contributed by atoms with E-state index in [9.17, 15) is 4.79 Å². The average Bonchev–Trinajstić information content (AvgIpc) is 2.49. The highest BCUT2D eigenvalue weighted by atomic mass is 16.5. The molecule has 2 atom stereocenters. The Labute approximate surface area is 86.0 Å². The first kappa shape index (κ1) is 10.0. The Morgan fingerprint density at radius 2 is 2.36 bits per heavy atom. The molecule has 2 unspecified atom stereocenters. The standard InChI is InChI=1S/C12H20O2/c1-2-4-10-5-3-6-12(9-10)7-8-14-11(12)13/h10H,2-9H2,1H3. The summed E-state index contributed by atoms with van der Waals surface area (Å²) < 4.78 is 5.13. The van der Waals surface area contributed by atoms with E-state index in [0.29, 0.717) is 6.61 Å². The molecule has 2 rings (SSSR count). The fourth-order valence-electron chi connectivity index (χ4n) is 3.15. The molecule has 14 heavy (non-hydrogen) atoms. The molecule has 0 aromatic heterocycles. The Morgan fingerprint density at radius 3 is 3.00 bits per heavy atom. The van der Waals surface area contributed by atoms with Gasteiger partial charge in [-0.2, -0.15) is 0 Å². The molecule has 0 aromatic rings. The quantitative estimate of drug-likeness (QED) is 0.635. The number of ether oxygens (including phenoxy) is 1. The molecule has 2 nitrogen and oxygen atoms in total. The van der Waals surface area contributed by atoms with Crippen LogP contribution in [0.5, 0.6) is 0 Å². The number of hydrogen-bond donors (Lipinski definition) is 0. The highest BCUT2D eigenvalue weighted by Gasteiger charge is 2.46. The van der Waals surface area contributed by atoms with Gasteiger partial charge in [-0.25, -0.2) is 0 Å². The zero-order chi connectivity index (χ0) is 10.0. The van der Waals surface area contributed by atoms with Crippen LogP contribution in [0.1, 0.15) is 51.9 Å². The van der Waals surface area contributed by atoms with Gasteiger partial charge in [0.1, 0.15) is 0 Å². The summed E-state index contributed by atoms with van der Waals surface area (Å²) in [5.74, 6) is 0.873. The molecule has 0 amide bonds. The maximum atomic E-state index is 11.7. The molecule has 1 spiro atoms. The van der Waals surface area contributed by atoms with Crippen LogP contribution in [0.15, 0.2) is 0 Å². The molecule has 1 aliphatic carbocycles. The average molecular weight is 196 g/mol. The van der Waals surface area contributed by atoms with Crippen molar-refractivity contribution in [2.24, 2.45) is 11.3 Å². The van der Waals surface area contributed by atoms with Crippen LogP contribution in [0, 0.1) is 11.3 Å². The van der Waals surface area contributed by atoms with Crippen molar-refractivity contribution in [2.45, 2.75) is 51.9 Å². The van der Waals surface area contributed by atoms with Crippen molar-refractivity contribution in [1.82, 2.24) is 0 Å². The second-order valence-electron chi connectivity index (χ2n) is 4.92. The van der Waals surface area contributed by atoms with Crippen molar-refractivity contribution in [1.29, 1.82) is 0 Å². The van der Waals surface area contributed by atoms with Crippen molar-refractivity contribution >= 4 is 5.97 Å². The zero-order valence-corrected chi connectivity index (χ0v) is 9.05. The van der Waals surface area contributed by atoms with Crippen molar-refractivity contribution < 1.29 is 9.53 Å². The van der Waals surface area contributed by atoms with Crippen molar-refractivity contribution in [3.8, 4) is 0 Å². The van der Waals surface area contributed by atoms with Gasteiger partial charge in [0.25, 0.3) is 0 Å². The monoisotopic (exact) mass is 196 g/mol. The molecular formula is C12H20O2. The molecule has 0 radical (unpaired) electrons. The SMILES string of the molecule is CCCC1CCCC2(CCOC2=O)C1. The van der Waals surface area contributed by atoms with Crippen LogP contribution in [0.25, 0.3) is 0 Å². The topological polar surface area (TPSA) is 26.3 Å². The Morgan fingerprint density at radius 1 is 1.50 bits per heavy atom. The molecule has 2 fully saturated rings. The first-order chi connectivity index (χ1) is 6.77. The molecule has 0 N–H and O–H groups in total. The van der Waals surface area contributed by atoms with E-state index < -0.39 is 0 Å². The van der Waals surface area contributed by atoms with Crippen LogP contribution >= 0.6 is 0 Å². The molecule has 1 heterocycles. The highest BCUT2D eigenvalue weighted by Crippen LogP contribution is 2.46. The molecule has 0 aromatic carbocycles. The third-order valence-electron chi connectivity index (χ3n) is 3.89. The molecular weight excluding hydrogens is 176 g/mol. The first-order valence-corrected chi connectivity index (χ1v) is 5.94. The van der Waals surface area contributed by atoms with Crippen molar-refractivity contribution in [2.75, 3.05) is 6.61 Å². The Hall–Kier alpha value is -0.530. The van der Waals surface area contributed by atoms with Crippen LogP contribution in [0.2, 0.25) is 0 Å². The first-order valence-electron chi connectivity index (χ1n) is 5.94. The predicted octanol–water partition coefficient (Wildman–Crippen LogP) is 2.91. The molecule has 1 aliphatic heterocycles. The summed E-state index contributed by atoms with van der Waals surface area (Å²) in [6.45, 7) is 2.89. The van der Waals surface area contributed by atoms with Crippen LogP contribution < -0.4 is 0 Å². The zero-order valence-electron chi connectivity index (χ0n) is 9.05.